The van der Waals surface area contributed by atoms with Gasteiger partial charge in [-0.2, -0.15) is 0 Å². The third-order valence-electron chi connectivity index (χ3n) is 1.93. The lowest BCUT2D eigenvalue weighted by Crippen LogP contribution is -2.42. The van der Waals surface area contributed by atoms with E-state index in [1.165, 1.54) is 6.33 Å². The van der Waals surface area contributed by atoms with Gasteiger partial charge in [-0.25, -0.2) is 9.97 Å². The van der Waals surface area contributed by atoms with Gasteiger partial charge in [-0.3, -0.25) is 0 Å². The van der Waals surface area contributed by atoms with Gasteiger partial charge >= 0.3 is 0 Å². The van der Waals surface area contributed by atoms with Crippen LogP contribution in [0.5, 0.6) is 0 Å². The number of nitrogen functional groups attached to an aromatic ring is 1. The van der Waals surface area contributed by atoms with E-state index in [4.69, 9.17) is 27.5 Å². The Hall–Kier alpha value is -1.11. The first-order chi connectivity index (χ1) is 7.02. The third kappa shape index (κ3) is 2.68. The van der Waals surface area contributed by atoms with Crippen molar-refractivity contribution in [3.63, 3.8) is 0 Å². The van der Waals surface area contributed by atoms with E-state index in [2.05, 4.69) is 15.3 Å². The zero-order valence-electron chi connectivity index (χ0n) is 8.24. The molecule has 0 saturated carbocycles. The second-order valence-corrected chi connectivity index (χ2v) is 3.80. The number of rotatable bonds is 4. The summed E-state index contributed by atoms with van der Waals surface area (Å²) in [7, 11) is 0. The third-order valence-corrected chi connectivity index (χ3v) is 2.31. The summed E-state index contributed by atoms with van der Waals surface area (Å²) in [5.74, 6) is 0.433. The fourth-order valence-electron chi connectivity index (χ4n) is 0.886. The van der Waals surface area contributed by atoms with Crippen LogP contribution in [0.25, 0.3) is 0 Å². The Kier molecular flexibility index (Phi) is 3.67. The first-order valence-corrected chi connectivity index (χ1v) is 4.66. The highest BCUT2D eigenvalue weighted by Crippen LogP contribution is 2.25. The molecule has 15 heavy (non-hydrogen) atoms. The molecule has 6 nitrogen and oxygen atoms in total. The van der Waals surface area contributed by atoms with Crippen LogP contribution < -0.4 is 11.1 Å². The molecule has 7 heteroatoms. The fourth-order valence-corrected chi connectivity index (χ4v) is 1.03. The lowest BCUT2D eigenvalue weighted by molar-refractivity contribution is 0.147. The molecule has 1 aromatic heterocycles. The highest BCUT2D eigenvalue weighted by molar-refractivity contribution is 6.35. The molecule has 5 N–H and O–H groups in total. The van der Waals surface area contributed by atoms with E-state index >= 15 is 0 Å². The van der Waals surface area contributed by atoms with Gasteiger partial charge in [-0.1, -0.05) is 11.6 Å². The van der Waals surface area contributed by atoms with Gasteiger partial charge in [0.25, 0.3) is 0 Å². The maximum Gasteiger partial charge on any atom is 0.151 e. The molecule has 0 fully saturated rings. The topological polar surface area (TPSA) is 104 Å². The molecule has 1 heterocycles. The summed E-state index contributed by atoms with van der Waals surface area (Å²) >= 11 is 5.84. The van der Waals surface area contributed by atoms with Crippen molar-refractivity contribution < 1.29 is 10.2 Å². The second kappa shape index (κ2) is 4.61. The highest BCUT2D eigenvalue weighted by atomic mass is 35.5. The Labute approximate surface area is 92.1 Å². The molecule has 0 aromatic carbocycles. The number of aromatic nitrogens is 2. The van der Waals surface area contributed by atoms with Crippen LogP contribution in [-0.2, 0) is 0 Å². The number of nitrogens with one attached hydrogen (secondary N) is 1. The van der Waals surface area contributed by atoms with Crippen molar-refractivity contribution in [3.05, 3.63) is 11.3 Å². The van der Waals surface area contributed by atoms with Gasteiger partial charge in [0.2, 0.25) is 0 Å². The molecule has 0 unspecified atom stereocenters. The minimum atomic E-state index is -0.898. The van der Waals surface area contributed by atoms with E-state index in [0.717, 1.165) is 0 Å². The zero-order valence-corrected chi connectivity index (χ0v) is 8.99. The van der Waals surface area contributed by atoms with Crippen molar-refractivity contribution in [1.82, 2.24) is 9.97 Å². The van der Waals surface area contributed by atoms with Crippen LogP contribution in [0.4, 0.5) is 11.6 Å². The minimum absolute atomic E-state index is 0.146. The maximum atomic E-state index is 9.07. The van der Waals surface area contributed by atoms with Crippen LogP contribution in [0.1, 0.15) is 6.92 Å². The minimum Gasteiger partial charge on any atom is -0.394 e. The Bertz CT molecular complexity index is 343. The molecule has 1 rings (SSSR count). The molecule has 0 spiro atoms. The molecule has 0 aliphatic carbocycles. The van der Waals surface area contributed by atoms with E-state index in [1.807, 2.05) is 0 Å². The molecular weight excluding hydrogens is 220 g/mol. The summed E-state index contributed by atoms with van der Waals surface area (Å²) in [5.41, 5.74) is 4.58. The normalized spacial score (nSPS) is 11.5. The lowest BCUT2D eigenvalue weighted by atomic mass is 10.1. The monoisotopic (exact) mass is 232 g/mol. The number of nitrogens with zero attached hydrogens (tertiary/aromatic N) is 2. The summed E-state index contributed by atoms with van der Waals surface area (Å²) in [6, 6.07) is 0. The predicted octanol–water partition coefficient (Wildman–Crippen LogP) is -0.133. The average molecular weight is 233 g/mol. The molecule has 0 bridgehead atoms. The van der Waals surface area contributed by atoms with Gasteiger partial charge in [-0.05, 0) is 6.92 Å². The van der Waals surface area contributed by atoms with Crippen LogP contribution in [0, 0.1) is 0 Å². The van der Waals surface area contributed by atoms with Crippen molar-refractivity contribution in [3.8, 4) is 0 Å². The number of aliphatic hydroxyl groups excluding tert-OH is 2. The summed E-state index contributed by atoms with van der Waals surface area (Å²) in [5, 5.41) is 21.1. The standard InChI is InChI=1S/C8H13ClN4O2/c1-8(2-14,3-15)13-7-5(9)6(10)11-4-12-7/h4,14-15H,2-3H2,1H3,(H3,10,11,12,13). The van der Waals surface area contributed by atoms with Crippen molar-refractivity contribution in [2.45, 2.75) is 12.5 Å². The number of aliphatic hydroxyl groups is 2. The van der Waals surface area contributed by atoms with Crippen LogP contribution in [-0.4, -0.2) is 38.9 Å². The summed E-state index contributed by atoms with van der Waals surface area (Å²) in [4.78, 5) is 7.55. The van der Waals surface area contributed by atoms with Crippen LogP contribution >= 0.6 is 11.6 Å². The molecule has 0 atom stereocenters. The summed E-state index contributed by atoms with van der Waals surface area (Å²) in [6.45, 7) is 1.11. The Morgan fingerprint density at radius 1 is 1.47 bits per heavy atom. The summed E-state index contributed by atoms with van der Waals surface area (Å²) in [6.07, 6.45) is 1.25. The zero-order chi connectivity index (χ0) is 11.5. The fraction of sp³-hybridized carbons (Fsp3) is 0.500. The van der Waals surface area contributed by atoms with E-state index in [9.17, 15) is 0 Å². The van der Waals surface area contributed by atoms with Crippen LogP contribution in [0.15, 0.2) is 6.33 Å². The van der Waals surface area contributed by atoms with Crippen molar-refractivity contribution in [1.29, 1.82) is 0 Å². The smallest absolute Gasteiger partial charge is 0.151 e. The number of anilines is 2. The highest BCUT2D eigenvalue weighted by Gasteiger charge is 2.24. The number of nitrogens with two attached hydrogens (primary N) is 1. The van der Waals surface area contributed by atoms with Crippen molar-refractivity contribution in [2.24, 2.45) is 0 Å². The van der Waals surface area contributed by atoms with Crippen molar-refractivity contribution >= 4 is 23.2 Å². The van der Waals surface area contributed by atoms with Gasteiger partial charge in [0.15, 0.2) is 5.82 Å². The van der Waals surface area contributed by atoms with E-state index in [1.54, 1.807) is 6.92 Å². The van der Waals surface area contributed by atoms with Crippen molar-refractivity contribution in [2.75, 3.05) is 24.3 Å². The molecule has 0 radical (unpaired) electrons. The first-order valence-electron chi connectivity index (χ1n) is 4.28. The van der Waals surface area contributed by atoms with E-state index in [-0.39, 0.29) is 29.9 Å². The van der Waals surface area contributed by atoms with Gasteiger partial charge in [0, 0.05) is 0 Å². The average Bonchev–Trinajstić information content (AvgIpc) is 2.25. The SMILES string of the molecule is CC(CO)(CO)Nc1ncnc(N)c1Cl. The number of hydrogen-bond acceptors (Lipinski definition) is 6. The van der Waals surface area contributed by atoms with Crippen LogP contribution in [0.2, 0.25) is 5.02 Å². The van der Waals surface area contributed by atoms with Gasteiger partial charge in [0.05, 0.1) is 18.8 Å². The first kappa shape index (κ1) is 12.0. The lowest BCUT2D eigenvalue weighted by Gasteiger charge is -2.27. The maximum absolute atomic E-state index is 9.07. The van der Waals surface area contributed by atoms with E-state index in [0.29, 0.717) is 0 Å². The quantitative estimate of drug-likeness (QED) is 0.576. The predicted molar refractivity (Wildman–Crippen MR) is 57.7 cm³/mol. The number of hydrogen-bond donors (Lipinski definition) is 4. The molecule has 84 valence electrons. The Morgan fingerprint density at radius 2 is 2.07 bits per heavy atom. The van der Waals surface area contributed by atoms with Crippen LogP contribution in [0.3, 0.4) is 0 Å². The largest absolute Gasteiger partial charge is 0.394 e. The number of halogens is 1. The Balaban J connectivity index is 2.94. The molecular formula is C8H13ClN4O2. The van der Waals surface area contributed by atoms with E-state index < -0.39 is 5.54 Å². The van der Waals surface area contributed by atoms with Gasteiger partial charge in [0.1, 0.15) is 17.2 Å². The molecule has 0 aliphatic heterocycles. The van der Waals surface area contributed by atoms with Gasteiger partial charge < -0.3 is 21.3 Å². The molecule has 0 amide bonds. The molecule has 1 aromatic rings. The summed E-state index contributed by atoms with van der Waals surface area (Å²) < 4.78 is 0. The molecule has 0 aliphatic rings. The Morgan fingerprint density at radius 3 is 2.60 bits per heavy atom. The molecule has 0 saturated heterocycles. The second-order valence-electron chi connectivity index (χ2n) is 3.42. The van der Waals surface area contributed by atoms with Gasteiger partial charge in [-0.15, -0.1) is 0 Å².